The van der Waals surface area contributed by atoms with E-state index < -0.39 is 0 Å². The molecule has 0 fully saturated rings. The molecule has 0 saturated heterocycles. The molecule has 56 valence electrons. The molecule has 0 aliphatic carbocycles. The molecule has 0 heterocycles. The highest BCUT2D eigenvalue weighted by Crippen LogP contribution is 2.08. The first-order chi connectivity index (χ1) is 4.66. The molecular formula is C9H15N. The van der Waals surface area contributed by atoms with Gasteiger partial charge in [-0.25, -0.2) is 0 Å². The van der Waals surface area contributed by atoms with Gasteiger partial charge in [-0.15, -0.1) is 0 Å². The lowest BCUT2D eigenvalue weighted by Gasteiger charge is -2.01. The Hall–Kier alpha value is -0.850. The molecule has 0 bridgehead atoms. The highest BCUT2D eigenvalue weighted by molar-refractivity contribution is 5.27. The molecule has 0 aromatic rings. The predicted molar refractivity (Wildman–Crippen MR) is 47.3 cm³/mol. The van der Waals surface area contributed by atoms with Crippen LogP contribution in [0.2, 0.25) is 0 Å². The summed E-state index contributed by atoms with van der Waals surface area (Å²) in [5.74, 6) is 0.668. The van der Waals surface area contributed by atoms with Gasteiger partial charge in [0.1, 0.15) is 0 Å². The van der Waals surface area contributed by atoms with Crippen molar-refractivity contribution in [1.29, 1.82) is 0 Å². The molecule has 0 saturated carbocycles. The average Bonchev–Trinajstić information content (AvgIpc) is 1.82. The zero-order chi connectivity index (χ0) is 7.98. The highest BCUT2D eigenvalue weighted by Gasteiger charge is 1.93. The normalized spacial score (nSPS) is 10.7. The third-order valence-electron chi connectivity index (χ3n) is 1.09. The number of rotatable bonds is 4. The Morgan fingerprint density at radius 2 is 2.20 bits per heavy atom. The number of nitrogens with zero attached hydrogens (tertiary/aromatic N) is 1. The van der Waals surface area contributed by atoms with Gasteiger partial charge in [0.25, 0.3) is 0 Å². The number of hydrogen-bond donors (Lipinski definition) is 0. The monoisotopic (exact) mass is 137 g/mol. The fourth-order valence-electron chi connectivity index (χ4n) is 0.751. The van der Waals surface area contributed by atoms with Crippen LogP contribution in [-0.2, 0) is 0 Å². The summed E-state index contributed by atoms with van der Waals surface area (Å²) >= 11 is 0. The minimum absolute atomic E-state index is 0.668. The summed E-state index contributed by atoms with van der Waals surface area (Å²) in [7, 11) is 0. The van der Waals surface area contributed by atoms with Crippen LogP contribution >= 0.6 is 0 Å². The summed E-state index contributed by atoms with van der Waals surface area (Å²) in [5.41, 5.74) is 1.11. The largest absolute Gasteiger partial charge is 0.273 e. The van der Waals surface area contributed by atoms with Gasteiger partial charge in [-0.3, -0.25) is 4.99 Å². The van der Waals surface area contributed by atoms with Crippen molar-refractivity contribution in [2.75, 3.05) is 0 Å². The van der Waals surface area contributed by atoms with Crippen molar-refractivity contribution in [1.82, 2.24) is 0 Å². The minimum Gasteiger partial charge on any atom is -0.273 e. The van der Waals surface area contributed by atoms with Gasteiger partial charge < -0.3 is 0 Å². The first-order valence-electron chi connectivity index (χ1n) is 3.47. The fourth-order valence-corrected chi connectivity index (χ4v) is 0.751. The molecule has 0 aliphatic rings. The Morgan fingerprint density at radius 1 is 1.60 bits per heavy atom. The van der Waals surface area contributed by atoms with E-state index in [1.165, 1.54) is 0 Å². The summed E-state index contributed by atoms with van der Waals surface area (Å²) in [5, 5.41) is 0. The van der Waals surface area contributed by atoms with E-state index in [-0.39, 0.29) is 0 Å². The summed E-state index contributed by atoms with van der Waals surface area (Å²) in [6.07, 6.45) is 4.60. The van der Waals surface area contributed by atoms with E-state index in [2.05, 4.69) is 32.1 Å². The van der Waals surface area contributed by atoms with Gasteiger partial charge in [-0.1, -0.05) is 26.0 Å². The molecular weight excluding hydrogens is 122 g/mol. The maximum Gasteiger partial charge on any atom is 0.0263 e. The van der Waals surface area contributed by atoms with E-state index in [0.717, 1.165) is 12.0 Å². The molecule has 0 unspecified atom stereocenters. The van der Waals surface area contributed by atoms with Gasteiger partial charge >= 0.3 is 0 Å². The van der Waals surface area contributed by atoms with E-state index in [9.17, 15) is 0 Å². The summed E-state index contributed by atoms with van der Waals surface area (Å²) in [4.78, 5) is 3.59. The Morgan fingerprint density at radius 3 is 2.60 bits per heavy atom. The minimum atomic E-state index is 0.668. The highest BCUT2D eigenvalue weighted by atomic mass is 14.6. The van der Waals surface area contributed by atoms with Crippen LogP contribution in [0, 0.1) is 5.92 Å². The van der Waals surface area contributed by atoms with E-state index in [1.54, 1.807) is 6.20 Å². The van der Waals surface area contributed by atoms with Crippen molar-refractivity contribution in [3.63, 3.8) is 0 Å². The van der Waals surface area contributed by atoms with E-state index in [1.807, 2.05) is 6.08 Å². The predicted octanol–water partition coefficient (Wildman–Crippen LogP) is 2.80. The first kappa shape index (κ1) is 9.15. The van der Waals surface area contributed by atoms with Crippen LogP contribution in [0.4, 0.5) is 0 Å². The molecule has 0 aromatic carbocycles. The van der Waals surface area contributed by atoms with E-state index in [0.29, 0.717) is 5.92 Å². The zero-order valence-electron chi connectivity index (χ0n) is 6.80. The van der Waals surface area contributed by atoms with Crippen LogP contribution in [-0.4, -0.2) is 6.72 Å². The number of hydrogen-bond acceptors (Lipinski definition) is 1. The van der Waals surface area contributed by atoms with Crippen LogP contribution in [0.3, 0.4) is 0 Å². The maximum absolute atomic E-state index is 3.86. The second kappa shape index (κ2) is 4.98. The Kier molecular flexibility index (Phi) is 4.55. The van der Waals surface area contributed by atoms with Crippen molar-refractivity contribution in [3.05, 3.63) is 24.4 Å². The van der Waals surface area contributed by atoms with Gasteiger partial charge in [0.2, 0.25) is 0 Å². The zero-order valence-corrected chi connectivity index (χ0v) is 6.80. The fraction of sp³-hybridized carbons (Fsp3) is 0.444. The van der Waals surface area contributed by atoms with Crippen LogP contribution < -0.4 is 0 Å². The number of aliphatic imine (C=N–C) groups is 1. The van der Waals surface area contributed by atoms with Crippen LogP contribution in [0.5, 0.6) is 0 Å². The van der Waals surface area contributed by atoms with Crippen LogP contribution in [0.25, 0.3) is 0 Å². The topological polar surface area (TPSA) is 12.4 Å². The van der Waals surface area contributed by atoms with Crippen molar-refractivity contribution >= 4 is 6.72 Å². The molecule has 0 radical (unpaired) electrons. The molecule has 1 heteroatoms. The standard InChI is InChI=1S/C9H15N/c1-8(2)7-9(3)5-6-10-4/h5-6,8H,3-4,7H2,1-2H3/b6-5-. The smallest absolute Gasteiger partial charge is 0.0263 e. The molecule has 0 spiro atoms. The SMILES string of the molecule is C=N/C=C\C(=C)CC(C)C. The first-order valence-corrected chi connectivity index (χ1v) is 3.47. The molecule has 0 N–H and O–H groups in total. The molecule has 0 atom stereocenters. The van der Waals surface area contributed by atoms with E-state index >= 15 is 0 Å². The molecule has 0 aromatic heterocycles. The number of allylic oxidation sites excluding steroid dienone is 2. The quantitative estimate of drug-likeness (QED) is 0.417. The van der Waals surface area contributed by atoms with Crippen molar-refractivity contribution in [3.8, 4) is 0 Å². The molecule has 1 nitrogen and oxygen atoms in total. The lowest BCUT2D eigenvalue weighted by molar-refractivity contribution is 0.651. The van der Waals surface area contributed by atoms with Gasteiger partial charge in [-0.05, 0) is 25.1 Å². The third kappa shape index (κ3) is 5.29. The third-order valence-corrected chi connectivity index (χ3v) is 1.09. The summed E-state index contributed by atoms with van der Waals surface area (Å²) in [6.45, 7) is 11.5. The van der Waals surface area contributed by atoms with Crippen LogP contribution in [0.15, 0.2) is 29.4 Å². The Balaban J connectivity index is 3.64. The Labute approximate surface area is 63.2 Å². The van der Waals surface area contributed by atoms with Gasteiger partial charge in [0.05, 0.1) is 0 Å². The molecule has 0 amide bonds. The molecule has 10 heavy (non-hydrogen) atoms. The maximum atomic E-state index is 3.86. The second-order valence-corrected chi connectivity index (χ2v) is 2.75. The second-order valence-electron chi connectivity index (χ2n) is 2.75. The van der Waals surface area contributed by atoms with Gasteiger partial charge in [0.15, 0.2) is 0 Å². The van der Waals surface area contributed by atoms with Crippen molar-refractivity contribution in [2.45, 2.75) is 20.3 Å². The summed E-state index contributed by atoms with van der Waals surface area (Å²) < 4.78 is 0. The molecule has 0 rings (SSSR count). The van der Waals surface area contributed by atoms with Crippen molar-refractivity contribution < 1.29 is 0 Å². The van der Waals surface area contributed by atoms with E-state index in [4.69, 9.17) is 0 Å². The lowest BCUT2D eigenvalue weighted by atomic mass is 10.0. The van der Waals surface area contributed by atoms with Gasteiger partial charge in [0, 0.05) is 6.20 Å². The van der Waals surface area contributed by atoms with Crippen molar-refractivity contribution in [2.24, 2.45) is 10.9 Å². The van der Waals surface area contributed by atoms with Crippen LogP contribution in [0.1, 0.15) is 20.3 Å². The average molecular weight is 137 g/mol. The summed E-state index contributed by atoms with van der Waals surface area (Å²) in [6, 6.07) is 0. The molecule has 0 aliphatic heterocycles. The van der Waals surface area contributed by atoms with Gasteiger partial charge in [-0.2, -0.15) is 0 Å². The Bertz CT molecular complexity index is 143. The lowest BCUT2D eigenvalue weighted by Crippen LogP contribution is -1.86.